The fourth-order valence-corrected chi connectivity index (χ4v) is 13.2. The Morgan fingerprint density at radius 1 is 0.515 bits per heavy atom. The van der Waals surface area contributed by atoms with E-state index in [1.165, 1.54) is 33.8 Å². The standard InChI is InChI=1S/C71H114O26/c1-9-11-13-14-15-16-19-22-30-36-49(74)92-65-64(97-67-55(80)53(78)51(76)41(5)84-67)60(95-68-62(91-50(75)38-37-45-31-26-24-27-32-45)56(81)58(42(6)85-68)93-66(83)40(3)4)44(8)87-71(65)94-59-43(7)86-69-63(57(59)82)90-48(73)35-29-23-20-17-18-21-28-34-46(33-25-12-10-2)88-70-61(96-69)54(79)52(77)47(39-72)89-70/h24,26-27,31-32,37-38,40-44,46-47,51-65,67-72,76-82H,9-23,25,28-30,33-36,39H2,1-8H3/b38-37+/t41-,42-,43-,44-,46?,47+,51-,52-,53+,54-,55+,56+,57+,58-,59-,60-,61+,62+,63+,64+,65+,67-,68-,69-,70+,71-/m0/s1. The highest BCUT2D eigenvalue weighted by molar-refractivity contribution is 5.87. The van der Waals surface area contributed by atoms with Gasteiger partial charge in [0.15, 0.2) is 55.9 Å². The zero-order chi connectivity index (χ0) is 70.3. The largest absolute Gasteiger partial charge is 0.456 e. The van der Waals surface area contributed by atoms with E-state index in [0.717, 1.165) is 102 Å². The van der Waals surface area contributed by atoms with Crippen LogP contribution in [-0.2, 0) is 85.5 Å². The average molecular weight is 1380 g/mol. The van der Waals surface area contributed by atoms with Crippen molar-refractivity contribution in [1.29, 1.82) is 0 Å². The van der Waals surface area contributed by atoms with Crippen molar-refractivity contribution in [2.75, 3.05) is 6.61 Å². The maximum atomic E-state index is 14.6. The fourth-order valence-electron chi connectivity index (χ4n) is 13.2. The van der Waals surface area contributed by atoms with Crippen LogP contribution in [-0.4, -0.2) is 231 Å². The number of aliphatic hydroxyl groups is 8. The summed E-state index contributed by atoms with van der Waals surface area (Å²) in [5.41, 5.74) is 0.638. The highest BCUT2D eigenvalue weighted by Gasteiger charge is 2.59. The van der Waals surface area contributed by atoms with Crippen molar-refractivity contribution >= 4 is 30.0 Å². The lowest BCUT2D eigenvalue weighted by molar-refractivity contribution is -0.400. The minimum absolute atomic E-state index is 0.0664. The predicted octanol–water partition coefficient (Wildman–Crippen LogP) is 6.18. The topological polar surface area (TPSA) is 359 Å². The van der Waals surface area contributed by atoms with Gasteiger partial charge in [0, 0.05) is 18.9 Å². The Balaban J connectivity index is 1.26. The molecule has 0 radical (unpaired) electrons. The van der Waals surface area contributed by atoms with Crippen LogP contribution < -0.4 is 0 Å². The third-order valence-electron chi connectivity index (χ3n) is 19.1. The molecular weight excluding hydrogens is 1270 g/mol. The molecule has 6 aliphatic heterocycles. The van der Waals surface area contributed by atoms with E-state index in [1.807, 2.05) is 0 Å². The quantitative estimate of drug-likeness (QED) is 0.0211. The normalized spacial score (nSPS) is 38.3. The van der Waals surface area contributed by atoms with Crippen LogP contribution in [0.4, 0.5) is 0 Å². The van der Waals surface area contributed by atoms with E-state index in [2.05, 4.69) is 13.8 Å². The number of carbonyl (C=O) groups excluding carboxylic acids is 4. The molecule has 0 saturated carbocycles. The number of hydrogen-bond donors (Lipinski definition) is 8. The zero-order valence-electron chi connectivity index (χ0n) is 58.0. The van der Waals surface area contributed by atoms with Crippen LogP contribution in [0.15, 0.2) is 36.4 Å². The van der Waals surface area contributed by atoms with Crippen LogP contribution in [0.25, 0.3) is 6.08 Å². The highest BCUT2D eigenvalue weighted by atomic mass is 16.8. The SMILES string of the molecule is CCCCCCCCCCCC(=O)O[C@H]1[C@H](O[C@@H]2[C@@H](O)[C@H]3OC(=O)CCCCCCCCCC(CCCCC)O[C@@H]4O[C@H](CO)[C@H](O)[C@H](O)[C@H]4O[C@@H]3O[C@H]2C)O[C@@H](C)[C@H](O[C@@H]2O[C@@H](C)[C@H](OC(=O)C(C)C)[C@@H](O)[C@H]2OC(=O)/C=C/c2ccccc2)[C@H]1O[C@@H]1O[C@@H](C)[C@H](O)[C@@H](O)[C@H]1O. The Kier molecular flexibility index (Phi) is 33.7. The van der Waals surface area contributed by atoms with E-state index in [-0.39, 0.29) is 18.9 Å². The summed E-state index contributed by atoms with van der Waals surface area (Å²) in [5.74, 6) is -3.82. The van der Waals surface area contributed by atoms with E-state index in [0.29, 0.717) is 44.1 Å². The summed E-state index contributed by atoms with van der Waals surface area (Å²) < 4.78 is 89.4. The Morgan fingerprint density at radius 3 is 1.76 bits per heavy atom. The summed E-state index contributed by atoms with van der Waals surface area (Å²) in [6, 6.07) is 8.82. The van der Waals surface area contributed by atoms with E-state index in [4.69, 9.17) is 66.3 Å². The third kappa shape index (κ3) is 23.3. The molecule has 0 spiro atoms. The van der Waals surface area contributed by atoms with Crippen molar-refractivity contribution in [3.8, 4) is 0 Å². The number of hydrogen-bond acceptors (Lipinski definition) is 26. The van der Waals surface area contributed by atoms with Crippen LogP contribution in [0.3, 0.4) is 0 Å². The molecule has 1 aromatic rings. The maximum absolute atomic E-state index is 14.6. The minimum Gasteiger partial charge on any atom is -0.456 e. The number of rotatable bonds is 27. The molecule has 26 heteroatoms. The first kappa shape index (κ1) is 80.4. The number of aliphatic hydroxyl groups excluding tert-OH is 8. The first-order chi connectivity index (χ1) is 46.5. The second-order valence-electron chi connectivity index (χ2n) is 27.4. The molecule has 6 heterocycles. The van der Waals surface area contributed by atoms with Gasteiger partial charge in [-0.1, -0.05) is 167 Å². The van der Waals surface area contributed by atoms with Gasteiger partial charge in [0.2, 0.25) is 0 Å². The lowest BCUT2D eigenvalue weighted by atomic mass is 9.95. The molecule has 97 heavy (non-hydrogen) atoms. The lowest BCUT2D eigenvalue weighted by Crippen LogP contribution is -2.68. The summed E-state index contributed by atoms with van der Waals surface area (Å²) in [4.78, 5) is 55.6. The second-order valence-corrected chi connectivity index (χ2v) is 27.4. The van der Waals surface area contributed by atoms with Crippen molar-refractivity contribution < 1.29 is 126 Å². The molecule has 7 rings (SSSR count). The molecule has 26 atom stereocenters. The predicted molar refractivity (Wildman–Crippen MR) is 347 cm³/mol. The molecule has 0 amide bonds. The summed E-state index contributed by atoms with van der Waals surface area (Å²) in [7, 11) is 0. The molecule has 6 fully saturated rings. The number of carbonyl (C=O) groups is 4. The Labute approximate surface area is 571 Å². The Bertz CT molecular complexity index is 2490. The monoisotopic (exact) mass is 1380 g/mol. The van der Waals surface area contributed by atoms with Crippen LogP contribution in [0.5, 0.6) is 0 Å². The molecule has 0 aliphatic carbocycles. The van der Waals surface area contributed by atoms with Crippen molar-refractivity contribution in [3.63, 3.8) is 0 Å². The number of unbranched alkanes of at least 4 members (excludes halogenated alkanes) is 10. The molecule has 1 unspecified atom stereocenters. The molecule has 0 bridgehead atoms. The van der Waals surface area contributed by atoms with Gasteiger partial charge in [0.1, 0.15) is 73.2 Å². The molecule has 0 aromatic heterocycles. The summed E-state index contributed by atoms with van der Waals surface area (Å²) in [6.45, 7) is 12.7. The van der Waals surface area contributed by atoms with Crippen LogP contribution in [0.1, 0.15) is 209 Å². The smallest absolute Gasteiger partial charge is 0.331 e. The number of fused-ring (bicyclic) bond motifs is 2. The fraction of sp³-hybridized carbons (Fsp3) is 0.831. The zero-order valence-corrected chi connectivity index (χ0v) is 58.0. The second kappa shape index (κ2) is 40.7. The van der Waals surface area contributed by atoms with Crippen molar-refractivity contribution in [2.45, 2.75) is 363 Å². The van der Waals surface area contributed by atoms with Crippen molar-refractivity contribution in [3.05, 3.63) is 42.0 Å². The maximum Gasteiger partial charge on any atom is 0.331 e. The van der Waals surface area contributed by atoms with Gasteiger partial charge in [0.05, 0.1) is 43.0 Å². The molecule has 6 aliphatic rings. The number of esters is 4. The van der Waals surface area contributed by atoms with Crippen LogP contribution >= 0.6 is 0 Å². The molecular formula is C71H114O26. The molecule has 6 saturated heterocycles. The van der Waals surface area contributed by atoms with Gasteiger partial charge >= 0.3 is 23.9 Å². The van der Waals surface area contributed by atoms with Crippen molar-refractivity contribution in [1.82, 2.24) is 0 Å². The summed E-state index contributed by atoms with van der Waals surface area (Å²) in [6.07, 6.45) is -20.3. The Hall–Kier alpha value is -3.88. The Morgan fingerprint density at radius 2 is 1.09 bits per heavy atom. The lowest BCUT2D eigenvalue weighted by Gasteiger charge is -2.51. The van der Waals surface area contributed by atoms with Gasteiger partial charge < -0.3 is 107 Å². The summed E-state index contributed by atoms with van der Waals surface area (Å²) in [5, 5.41) is 92.3. The van der Waals surface area contributed by atoms with E-state index < -0.39 is 190 Å². The minimum atomic E-state index is -1.96. The number of benzene rings is 1. The number of ether oxygens (including phenoxy) is 14. The van der Waals surface area contributed by atoms with Gasteiger partial charge in [-0.05, 0) is 65.0 Å². The highest BCUT2D eigenvalue weighted by Crippen LogP contribution is 2.40. The van der Waals surface area contributed by atoms with Gasteiger partial charge in [-0.15, -0.1) is 0 Å². The first-order valence-corrected chi connectivity index (χ1v) is 36.0. The summed E-state index contributed by atoms with van der Waals surface area (Å²) >= 11 is 0. The van der Waals surface area contributed by atoms with E-state index >= 15 is 0 Å². The van der Waals surface area contributed by atoms with Gasteiger partial charge in [-0.25, -0.2) is 4.79 Å². The molecule has 8 N–H and O–H groups in total. The van der Waals surface area contributed by atoms with Gasteiger partial charge in [0.25, 0.3) is 0 Å². The molecule has 554 valence electrons. The van der Waals surface area contributed by atoms with E-state index in [9.17, 15) is 60.0 Å². The van der Waals surface area contributed by atoms with E-state index in [1.54, 1.807) is 44.2 Å². The first-order valence-electron chi connectivity index (χ1n) is 36.0. The van der Waals surface area contributed by atoms with Gasteiger partial charge in [-0.2, -0.15) is 0 Å². The van der Waals surface area contributed by atoms with Gasteiger partial charge in [-0.3, -0.25) is 14.4 Å². The molecule has 1 aromatic carbocycles. The third-order valence-corrected chi connectivity index (χ3v) is 19.1. The molecule has 26 nitrogen and oxygen atoms in total. The average Bonchev–Trinajstić information content (AvgIpc) is 0.778. The van der Waals surface area contributed by atoms with Crippen LogP contribution in [0, 0.1) is 5.92 Å². The van der Waals surface area contributed by atoms with Crippen LogP contribution in [0.2, 0.25) is 0 Å². The van der Waals surface area contributed by atoms with Crippen molar-refractivity contribution in [2.24, 2.45) is 5.92 Å².